The van der Waals surface area contributed by atoms with Crippen LogP contribution in [-0.2, 0) is 4.74 Å². The molecular weight excluding hydrogens is 231 g/mol. The fraction of sp³-hybridized carbons (Fsp3) is 0.833. The molecule has 0 aromatic carbocycles. The van der Waals surface area contributed by atoms with Crippen LogP contribution in [0.3, 0.4) is 0 Å². The zero-order chi connectivity index (χ0) is 12.3. The molecule has 1 fully saturated rings. The number of nitrogens with one attached hydrogen (secondary N) is 1. The second-order valence-corrected chi connectivity index (χ2v) is 4.91. The van der Waals surface area contributed by atoms with Gasteiger partial charge in [-0.15, -0.1) is 0 Å². The van der Waals surface area contributed by atoms with Crippen LogP contribution < -0.4 is 5.32 Å². The van der Waals surface area contributed by atoms with Crippen LogP contribution in [0.4, 0.5) is 13.2 Å². The molecule has 0 aromatic heterocycles. The minimum absolute atomic E-state index is 0.121. The Kier molecular flexibility index (Phi) is 4.09. The summed E-state index contributed by atoms with van der Waals surface area (Å²) < 4.78 is 39.8. The maximum Gasteiger partial charge on any atom is 0.411 e. The third kappa shape index (κ3) is 4.00. The van der Waals surface area contributed by atoms with Gasteiger partial charge < -0.3 is 10.1 Å². The van der Waals surface area contributed by atoms with Crippen molar-refractivity contribution in [2.24, 2.45) is 17.8 Å². The van der Waals surface area contributed by atoms with Gasteiger partial charge in [-0.25, -0.2) is 0 Å². The lowest BCUT2D eigenvalue weighted by molar-refractivity contribution is -0.173. The number of ether oxygens (including phenoxy) is 1. The summed E-state index contributed by atoms with van der Waals surface area (Å²) in [6.07, 6.45) is 2.83. The van der Waals surface area contributed by atoms with Gasteiger partial charge in [0.15, 0.2) is 0 Å². The van der Waals surface area contributed by atoms with Crippen LogP contribution >= 0.6 is 0 Å². The van der Waals surface area contributed by atoms with Crippen molar-refractivity contribution in [3.63, 3.8) is 0 Å². The first-order chi connectivity index (χ1) is 8.04. The zero-order valence-corrected chi connectivity index (χ0v) is 9.67. The van der Waals surface area contributed by atoms with Gasteiger partial charge in [0, 0.05) is 6.54 Å². The molecule has 3 atom stereocenters. The lowest BCUT2D eigenvalue weighted by Gasteiger charge is -2.18. The van der Waals surface area contributed by atoms with Crippen LogP contribution in [-0.4, -0.2) is 32.5 Å². The molecular formula is C12H18F3NO. The Labute approximate surface area is 99.2 Å². The van der Waals surface area contributed by atoms with Crippen molar-refractivity contribution in [1.29, 1.82) is 0 Å². The van der Waals surface area contributed by atoms with Crippen LogP contribution in [0.2, 0.25) is 0 Å². The largest absolute Gasteiger partial charge is 0.411 e. The number of fused-ring (bicyclic) bond motifs is 2. The van der Waals surface area contributed by atoms with Gasteiger partial charge in [0.1, 0.15) is 6.61 Å². The number of allylic oxidation sites excluding steroid dienone is 2. The molecule has 2 bridgehead atoms. The highest BCUT2D eigenvalue weighted by Gasteiger charge is 2.34. The van der Waals surface area contributed by atoms with Gasteiger partial charge in [-0.3, -0.25) is 0 Å². The number of hydrogen-bond donors (Lipinski definition) is 1. The molecule has 17 heavy (non-hydrogen) atoms. The van der Waals surface area contributed by atoms with Gasteiger partial charge in [-0.05, 0) is 37.1 Å². The van der Waals surface area contributed by atoms with E-state index < -0.39 is 12.8 Å². The molecule has 2 nitrogen and oxygen atoms in total. The molecule has 5 heteroatoms. The highest BCUT2D eigenvalue weighted by molar-refractivity contribution is 5.10. The smallest absolute Gasteiger partial charge is 0.371 e. The van der Waals surface area contributed by atoms with Gasteiger partial charge in [0.2, 0.25) is 0 Å². The molecule has 0 amide bonds. The fourth-order valence-electron chi connectivity index (χ4n) is 2.75. The topological polar surface area (TPSA) is 21.3 Å². The summed E-state index contributed by atoms with van der Waals surface area (Å²) >= 11 is 0. The van der Waals surface area contributed by atoms with Gasteiger partial charge in [0.05, 0.1) is 6.61 Å². The van der Waals surface area contributed by atoms with Crippen molar-refractivity contribution >= 4 is 0 Å². The van der Waals surface area contributed by atoms with Crippen molar-refractivity contribution in [2.75, 3.05) is 26.3 Å². The third-order valence-corrected chi connectivity index (χ3v) is 3.51. The van der Waals surface area contributed by atoms with Crippen LogP contribution in [0, 0.1) is 17.8 Å². The summed E-state index contributed by atoms with van der Waals surface area (Å²) in [4.78, 5) is 0. The normalized spacial score (nSPS) is 31.4. The van der Waals surface area contributed by atoms with E-state index in [1.807, 2.05) is 0 Å². The predicted octanol–water partition coefficient (Wildman–Crippen LogP) is 2.37. The predicted molar refractivity (Wildman–Crippen MR) is 58.6 cm³/mol. The van der Waals surface area contributed by atoms with Crippen molar-refractivity contribution in [2.45, 2.75) is 19.0 Å². The monoisotopic (exact) mass is 249 g/mol. The van der Waals surface area contributed by atoms with Crippen LogP contribution in [0.1, 0.15) is 12.8 Å². The van der Waals surface area contributed by atoms with Crippen molar-refractivity contribution < 1.29 is 17.9 Å². The summed E-state index contributed by atoms with van der Waals surface area (Å²) in [6.45, 7) is 0.357. The highest BCUT2D eigenvalue weighted by Crippen LogP contribution is 2.42. The van der Waals surface area contributed by atoms with E-state index in [-0.39, 0.29) is 6.61 Å². The summed E-state index contributed by atoms with van der Waals surface area (Å²) in [7, 11) is 0. The Hall–Kier alpha value is -0.550. The van der Waals surface area contributed by atoms with E-state index in [4.69, 9.17) is 0 Å². The summed E-state index contributed by atoms with van der Waals surface area (Å²) in [5.41, 5.74) is 0. The molecule has 0 heterocycles. The molecule has 0 aromatic rings. The molecule has 3 unspecified atom stereocenters. The maximum atomic E-state index is 11.8. The number of rotatable bonds is 6. The van der Waals surface area contributed by atoms with E-state index in [0.29, 0.717) is 18.4 Å². The first-order valence-electron chi connectivity index (χ1n) is 6.08. The first-order valence-corrected chi connectivity index (χ1v) is 6.08. The van der Waals surface area contributed by atoms with Crippen LogP contribution in [0.5, 0.6) is 0 Å². The summed E-state index contributed by atoms with van der Waals surface area (Å²) in [6, 6.07) is 0. The highest BCUT2D eigenvalue weighted by atomic mass is 19.4. The SMILES string of the molecule is FC(F)(F)COCCNCC1CC2C=CC1C2. The lowest BCUT2D eigenvalue weighted by Crippen LogP contribution is -2.29. The van der Waals surface area contributed by atoms with Gasteiger partial charge in [-0.2, -0.15) is 13.2 Å². The molecule has 2 rings (SSSR count). The standard InChI is InChI=1S/C12H18F3NO/c13-12(14,15)8-17-4-3-16-7-11-6-9-1-2-10(11)5-9/h1-2,9-11,16H,3-8H2. The molecule has 2 aliphatic rings. The summed E-state index contributed by atoms with van der Waals surface area (Å²) in [5.74, 6) is 2.09. The Bertz CT molecular complexity index is 277. The maximum absolute atomic E-state index is 11.8. The molecule has 0 spiro atoms. The number of halogens is 3. The molecule has 98 valence electrons. The van der Waals surface area contributed by atoms with E-state index in [1.54, 1.807) is 0 Å². The molecule has 0 aliphatic heterocycles. The average Bonchev–Trinajstić information content (AvgIpc) is 2.83. The molecule has 1 N–H and O–H groups in total. The van der Waals surface area contributed by atoms with Crippen LogP contribution in [0.25, 0.3) is 0 Å². The van der Waals surface area contributed by atoms with Gasteiger partial charge in [-0.1, -0.05) is 12.2 Å². The summed E-state index contributed by atoms with van der Waals surface area (Å²) in [5, 5.41) is 3.17. The Morgan fingerprint density at radius 3 is 2.65 bits per heavy atom. The van der Waals surface area contributed by atoms with Gasteiger partial charge >= 0.3 is 6.18 Å². The van der Waals surface area contributed by atoms with E-state index in [9.17, 15) is 13.2 Å². The molecule has 2 aliphatic carbocycles. The Balaban J connectivity index is 1.49. The second kappa shape index (κ2) is 5.40. The van der Waals surface area contributed by atoms with E-state index in [1.165, 1.54) is 12.8 Å². The minimum atomic E-state index is -4.21. The first kappa shape index (κ1) is 12.9. The van der Waals surface area contributed by atoms with E-state index in [2.05, 4.69) is 22.2 Å². The van der Waals surface area contributed by atoms with E-state index >= 15 is 0 Å². The second-order valence-electron chi connectivity index (χ2n) is 4.91. The Morgan fingerprint density at radius 1 is 1.24 bits per heavy atom. The van der Waals surface area contributed by atoms with Crippen molar-refractivity contribution in [3.8, 4) is 0 Å². The van der Waals surface area contributed by atoms with E-state index in [0.717, 1.165) is 12.5 Å². The quantitative estimate of drug-likeness (QED) is 0.576. The average molecular weight is 249 g/mol. The minimum Gasteiger partial charge on any atom is -0.371 e. The van der Waals surface area contributed by atoms with Gasteiger partial charge in [0.25, 0.3) is 0 Å². The molecule has 0 saturated heterocycles. The molecule has 0 radical (unpaired) electrons. The zero-order valence-electron chi connectivity index (χ0n) is 9.67. The van der Waals surface area contributed by atoms with Crippen molar-refractivity contribution in [3.05, 3.63) is 12.2 Å². The third-order valence-electron chi connectivity index (χ3n) is 3.51. The van der Waals surface area contributed by atoms with Crippen LogP contribution in [0.15, 0.2) is 12.2 Å². The van der Waals surface area contributed by atoms with Crippen molar-refractivity contribution in [1.82, 2.24) is 5.32 Å². The number of alkyl halides is 3. The number of hydrogen-bond acceptors (Lipinski definition) is 2. The fourth-order valence-corrected chi connectivity index (χ4v) is 2.75. The Morgan fingerprint density at radius 2 is 2.06 bits per heavy atom. The lowest BCUT2D eigenvalue weighted by atomic mass is 9.94. The molecule has 1 saturated carbocycles.